The molecule has 0 spiro atoms. The second-order valence-corrected chi connectivity index (χ2v) is 4.60. The number of halogens is 2. The molecule has 20 heavy (non-hydrogen) atoms. The highest BCUT2D eigenvalue weighted by molar-refractivity contribution is 5.40. The number of hydrogen-bond acceptors (Lipinski definition) is 2. The average Bonchev–Trinajstić information content (AvgIpc) is 2.87. The molecular weight excluding hydrogens is 262 g/mol. The van der Waals surface area contributed by atoms with Crippen molar-refractivity contribution >= 4 is 5.65 Å². The highest BCUT2D eigenvalue weighted by Gasteiger charge is 2.14. The molecule has 0 saturated carbocycles. The smallest absolute Gasteiger partial charge is 0.159 e. The van der Waals surface area contributed by atoms with Crippen molar-refractivity contribution in [2.45, 2.75) is 12.5 Å². The van der Waals surface area contributed by atoms with Crippen molar-refractivity contribution in [3.05, 3.63) is 71.7 Å². The van der Waals surface area contributed by atoms with Crippen LogP contribution in [0.2, 0.25) is 0 Å². The molecule has 0 aliphatic rings. The van der Waals surface area contributed by atoms with E-state index in [-0.39, 0.29) is 6.42 Å². The van der Waals surface area contributed by atoms with E-state index in [2.05, 4.69) is 4.98 Å². The Morgan fingerprint density at radius 3 is 2.75 bits per heavy atom. The van der Waals surface area contributed by atoms with Crippen LogP contribution in [0.25, 0.3) is 5.65 Å². The van der Waals surface area contributed by atoms with E-state index in [0.717, 1.165) is 17.8 Å². The Bertz CT molecular complexity index is 721. The number of benzene rings is 1. The van der Waals surface area contributed by atoms with Gasteiger partial charge in [0.05, 0.1) is 5.69 Å². The summed E-state index contributed by atoms with van der Waals surface area (Å²) < 4.78 is 27.8. The van der Waals surface area contributed by atoms with Crippen LogP contribution in [0.4, 0.5) is 8.78 Å². The van der Waals surface area contributed by atoms with Gasteiger partial charge in [0.25, 0.3) is 0 Å². The number of rotatable bonds is 3. The van der Waals surface area contributed by atoms with Crippen LogP contribution in [0.1, 0.15) is 17.4 Å². The Labute approximate surface area is 114 Å². The number of aliphatic hydroxyl groups is 1. The number of fused-ring (bicyclic) bond motifs is 1. The van der Waals surface area contributed by atoms with E-state index < -0.39 is 17.7 Å². The zero-order chi connectivity index (χ0) is 14.1. The number of imidazole rings is 1. The van der Waals surface area contributed by atoms with Crippen LogP contribution in [0.5, 0.6) is 0 Å². The van der Waals surface area contributed by atoms with Gasteiger partial charge in [-0.1, -0.05) is 12.1 Å². The maximum absolute atomic E-state index is 13.1. The third-order valence-electron chi connectivity index (χ3n) is 3.14. The monoisotopic (exact) mass is 274 g/mol. The third kappa shape index (κ3) is 2.40. The second-order valence-electron chi connectivity index (χ2n) is 4.60. The summed E-state index contributed by atoms with van der Waals surface area (Å²) in [5.74, 6) is -1.80. The lowest BCUT2D eigenvalue weighted by molar-refractivity contribution is 0.174. The Morgan fingerprint density at radius 2 is 2.00 bits per heavy atom. The van der Waals surface area contributed by atoms with Crippen LogP contribution in [-0.4, -0.2) is 14.5 Å². The van der Waals surface area contributed by atoms with Gasteiger partial charge in [0.2, 0.25) is 0 Å². The zero-order valence-corrected chi connectivity index (χ0v) is 10.5. The summed E-state index contributed by atoms with van der Waals surface area (Å²) in [5, 5.41) is 10.1. The number of hydrogen-bond donors (Lipinski definition) is 1. The first kappa shape index (κ1) is 12.7. The Morgan fingerprint density at radius 1 is 1.15 bits per heavy atom. The van der Waals surface area contributed by atoms with Crippen molar-refractivity contribution in [3.8, 4) is 0 Å². The molecule has 3 aromatic rings. The highest BCUT2D eigenvalue weighted by atomic mass is 19.2. The Hall–Kier alpha value is -2.27. The number of nitrogens with zero attached hydrogens (tertiary/aromatic N) is 2. The fraction of sp³-hybridized carbons (Fsp3) is 0.133. The first-order chi connectivity index (χ1) is 9.63. The van der Waals surface area contributed by atoms with E-state index in [1.54, 1.807) is 10.6 Å². The van der Waals surface area contributed by atoms with Crippen LogP contribution in [0, 0.1) is 11.6 Å². The molecule has 5 heteroatoms. The topological polar surface area (TPSA) is 37.5 Å². The molecule has 3 rings (SSSR count). The predicted octanol–water partition coefficient (Wildman–Crippen LogP) is 2.89. The molecule has 1 unspecified atom stereocenters. The first-order valence-electron chi connectivity index (χ1n) is 6.19. The third-order valence-corrected chi connectivity index (χ3v) is 3.14. The van der Waals surface area contributed by atoms with Crippen molar-refractivity contribution < 1.29 is 13.9 Å². The molecule has 3 nitrogen and oxygen atoms in total. The van der Waals surface area contributed by atoms with Gasteiger partial charge < -0.3 is 9.51 Å². The van der Waals surface area contributed by atoms with Gasteiger partial charge >= 0.3 is 0 Å². The van der Waals surface area contributed by atoms with E-state index >= 15 is 0 Å². The van der Waals surface area contributed by atoms with Gasteiger partial charge in [0.1, 0.15) is 11.8 Å². The molecule has 1 aromatic carbocycles. The van der Waals surface area contributed by atoms with E-state index in [9.17, 15) is 13.9 Å². The Balaban J connectivity index is 1.84. The quantitative estimate of drug-likeness (QED) is 0.797. The van der Waals surface area contributed by atoms with Crippen molar-refractivity contribution in [1.29, 1.82) is 0 Å². The standard InChI is InChI=1S/C15H12F2N2O/c16-11-5-4-10(7-12(11)17)8-14(20)13-9-19-6-2-1-3-15(19)18-13/h1-7,9,14,20H,8H2. The molecule has 102 valence electrons. The normalized spacial score (nSPS) is 12.8. The van der Waals surface area contributed by atoms with Crippen LogP contribution in [0.15, 0.2) is 48.8 Å². The van der Waals surface area contributed by atoms with Gasteiger partial charge in [0.15, 0.2) is 11.6 Å². The summed E-state index contributed by atoms with van der Waals surface area (Å²) in [5.41, 5.74) is 1.75. The van der Waals surface area contributed by atoms with Gasteiger partial charge in [-0.05, 0) is 29.8 Å². The summed E-state index contributed by atoms with van der Waals surface area (Å²) >= 11 is 0. The van der Waals surface area contributed by atoms with Gasteiger partial charge in [-0.3, -0.25) is 0 Å². The molecule has 0 aliphatic heterocycles. The van der Waals surface area contributed by atoms with Crippen LogP contribution < -0.4 is 0 Å². The maximum Gasteiger partial charge on any atom is 0.159 e. The summed E-state index contributed by atoms with van der Waals surface area (Å²) in [7, 11) is 0. The predicted molar refractivity (Wildman–Crippen MR) is 70.2 cm³/mol. The lowest BCUT2D eigenvalue weighted by Gasteiger charge is -2.07. The molecule has 0 aliphatic carbocycles. The fourth-order valence-electron chi connectivity index (χ4n) is 2.11. The fourth-order valence-corrected chi connectivity index (χ4v) is 2.11. The highest BCUT2D eigenvalue weighted by Crippen LogP contribution is 2.19. The summed E-state index contributed by atoms with van der Waals surface area (Å²) in [6.07, 6.45) is 2.87. The minimum atomic E-state index is -0.912. The molecule has 1 N–H and O–H groups in total. The van der Waals surface area contributed by atoms with Crippen LogP contribution in [-0.2, 0) is 6.42 Å². The zero-order valence-electron chi connectivity index (χ0n) is 10.5. The second kappa shape index (κ2) is 5.02. The number of aromatic nitrogens is 2. The van der Waals surface area contributed by atoms with E-state index in [1.165, 1.54) is 6.07 Å². The average molecular weight is 274 g/mol. The van der Waals surface area contributed by atoms with E-state index in [4.69, 9.17) is 0 Å². The van der Waals surface area contributed by atoms with Crippen LogP contribution >= 0.6 is 0 Å². The first-order valence-corrected chi connectivity index (χ1v) is 6.19. The van der Waals surface area contributed by atoms with Crippen molar-refractivity contribution in [3.63, 3.8) is 0 Å². The molecule has 0 bridgehead atoms. The van der Waals surface area contributed by atoms with Gasteiger partial charge in [0, 0.05) is 18.8 Å². The summed E-state index contributed by atoms with van der Waals surface area (Å²) in [4.78, 5) is 4.29. The minimum absolute atomic E-state index is 0.182. The molecule has 0 radical (unpaired) electrons. The molecule has 1 atom stereocenters. The number of aliphatic hydroxyl groups excluding tert-OH is 1. The Kier molecular flexibility index (Phi) is 3.20. The molecule has 0 fully saturated rings. The molecule has 0 amide bonds. The molecule has 0 saturated heterocycles. The van der Waals surface area contributed by atoms with E-state index in [0.29, 0.717) is 11.3 Å². The van der Waals surface area contributed by atoms with Crippen molar-refractivity contribution in [2.24, 2.45) is 0 Å². The molecule has 2 aromatic heterocycles. The van der Waals surface area contributed by atoms with Crippen molar-refractivity contribution in [2.75, 3.05) is 0 Å². The molecule has 2 heterocycles. The minimum Gasteiger partial charge on any atom is -0.386 e. The van der Waals surface area contributed by atoms with Gasteiger partial charge in [-0.2, -0.15) is 0 Å². The SMILES string of the molecule is OC(Cc1ccc(F)c(F)c1)c1cn2ccccc2n1. The van der Waals surface area contributed by atoms with Crippen LogP contribution in [0.3, 0.4) is 0 Å². The molecular formula is C15H12F2N2O. The lowest BCUT2D eigenvalue weighted by Crippen LogP contribution is -2.03. The maximum atomic E-state index is 13.1. The van der Waals surface area contributed by atoms with Gasteiger partial charge in [-0.15, -0.1) is 0 Å². The van der Waals surface area contributed by atoms with E-state index in [1.807, 2.05) is 24.4 Å². The largest absolute Gasteiger partial charge is 0.386 e. The lowest BCUT2D eigenvalue weighted by atomic mass is 10.1. The number of pyridine rings is 1. The van der Waals surface area contributed by atoms with Gasteiger partial charge in [-0.25, -0.2) is 13.8 Å². The summed E-state index contributed by atoms with van der Waals surface area (Å²) in [6.45, 7) is 0. The van der Waals surface area contributed by atoms with Crippen molar-refractivity contribution in [1.82, 2.24) is 9.38 Å². The summed E-state index contributed by atoms with van der Waals surface area (Å²) in [6, 6.07) is 9.15.